The van der Waals surface area contributed by atoms with Crippen molar-refractivity contribution < 1.29 is 14.2 Å². The molecule has 136 valence electrons. The first-order valence-electron chi connectivity index (χ1n) is 8.26. The van der Waals surface area contributed by atoms with Gasteiger partial charge < -0.3 is 19.5 Å². The smallest absolute Gasteiger partial charge is 0.203 e. The zero-order chi connectivity index (χ0) is 18.4. The maximum absolute atomic E-state index is 5.40. The van der Waals surface area contributed by atoms with Gasteiger partial charge in [-0.1, -0.05) is 30.3 Å². The summed E-state index contributed by atoms with van der Waals surface area (Å²) in [5, 5.41) is 5.35. The number of hydrazine groups is 1. The number of benzene rings is 2. The van der Waals surface area contributed by atoms with Crippen LogP contribution in [0.15, 0.2) is 66.6 Å². The van der Waals surface area contributed by atoms with E-state index in [4.69, 9.17) is 14.2 Å². The first-order chi connectivity index (χ1) is 12.7. The summed E-state index contributed by atoms with van der Waals surface area (Å²) in [6.45, 7) is 0.756. The van der Waals surface area contributed by atoms with E-state index in [1.54, 1.807) is 21.3 Å². The summed E-state index contributed by atoms with van der Waals surface area (Å²) in [6.07, 6.45) is 5.94. The highest BCUT2D eigenvalue weighted by Gasteiger charge is 2.14. The van der Waals surface area contributed by atoms with Crippen LogP contribution in [0.25, 0.3) is 0 Å². The van der Waals surface area contributed by atoms with Gasteiger partial charge in [-0.05, 0) is 17.7 Å². The Hall–Kier alpha value is -3.28. The molecule has 0 spiro atoms. The molecule has 1 heterocycles. The molecule has 0 radical (unpaired) electrons. The quantitative estimate of drug-likeness (QED) is 0.795. The standard InChI is InChI=1S/C20H23N3O3/c1-24-17-12-16(13-18(25-2)20(17)26-3)21-19-10-7-11-23(22-19)14-15-8-5-4-6-9-15/h4-13,21-22H,14H2,1-3H3. The van der Waals surface area contributed by atoms with E-state index in [-0.39, 0.29) is 0 Å². The lowest BCUT2D eigenvalue weighted by atomic mass is 10.2. The van der Waals surface area contributed by atoms with Crippen LogP contribution in [0.1, 0.15) is 5.56 Å². The third kappa shape index (κ3) is 4.03. The Morgan fingerprint density at radius 3 is 2.27 bits per heavy atom. The van der Waals surface area contributed by atoms with Gasteiger partial charge in [-0.15, -0.1) is 0 Å². The molecule has 26 heavy (non-hydrogen) atoms. The molecule has 0 aromatic heterocycles. The maximum Gasteiger partial charge on any atom is 0.203 e. The first kappa shape index (κ1) is 17.5. The average Bonchev–Trinajstić information content (AvgIpc) is 2.68. The number of methoxy groups -OCH3 is 3. The number of ether oxygens (including phenoxy) is 3. The summed E-state index contributed by atoms with van der Waals surface area (Å²) < 4.78 is 16.2. The van der Waals surface area contributed by atoms with Crippen LogP contribution in [0.5, 0.6) is 17.2 Å². The third-order valence-electron chi connectivity index (χ3n) is 3.93. The number of nitrogens with one attached hydrogen (secondary N) is 2. The van der Waals surface area contributed by atoms with Gasteiger partial charge in [0.15, 0.2) is 11.5 Å². The van der Waals surface area contributed by atoms with E-state index in [1.165, 1.54) is 5.56 Å². The topological polar surface area (TPSA) is 55.0 Å². The molecule has 6 heteroatoms. The van der Waals surface area contributed by atoms with Gasteiger partial charge in [0.25, 0.3) is 0 Å². The molecule has 2 N–H and O–H groups in total. The summed E-state index contributed by atoms with van der Waals surface area (Å²) in [5.41, 5.74) is 5.39. The summed E-state index contributed by atoms with van der Waals surface area (Å²) in [7, 11) is 4.79. The molecule has 3 rings (SSSR count). The predicted molar refractivity (Wildman–Crippen MR) is 102 cm³/mol. The average molecular weight is 353 g/mol. The Balaban J connectivity index is 1.72. The van der Waals surface area contributed by atoms with Crippen LogP contribution >= 0.6 is 0 Å². The second-order valence-electron chi connectivity index (χ2n) is 5.69. The van der Waals surface area contributed by atoms with Gasteiger partial charge in [0, 0.05) is 24.0 Å². The van der Waals surface area contributed by atoms with Gasteiger partial charge in [-0.2, -0.15) is 0 Å². The van der Waals surface area contributed by atoms with Crippen LogP contribution in [-0.2, 0) is 6.54 Å². The minimum absolute atomic E-state index is 0.566. The number of rotatable bonds is 7. The highest BCUT2D eigenvalue weighted by Crippen LogP contribution is 2.40. The Morgan fingerprint density at radius 2 is 1.65 bits per heavy atom. The fourth-order valence-electron chi connectivity index (χ4n) is 2.72. The molecular formula is C20H23N3O3. The van der Waals surface area contributed by atoms with Crippen molar-refractivity contribution in [3.63, 3.8) is 0 Å². The van der Waals surface area contributed by atoms with E-state index in [9.17, 15) is 0 Å². The van der Waals surface area contributed by atoms with Crippen molar-refractivity contribution in [1.29, 1.82) is 0 Å². The largest absolute Gasteiger partial charge is 0.493 e. The Bertz CT molecular complexity index is 778. The van der Waals surface area contributed by atoms with Crippen LogP contribution < -0.4 is 25.0 Å². The van der Waals surface area contributed by atoms with Crippen molar-refractivity contribution in [2.45, 2.75) is 6.54 Å². The fraction of sp³-hybridized carbons (Fsp3) is 0.200. The number of anilines is 1. The van der Waals surface area contributed by atoms with Crippen LogP contribution in [0.2, 0.25) is 0 Å². The zero-order valence-corrected chi connectivity index (χ0v) is 15.2. The van der Waals surface area contributed by atoms with Crippen molar-refractivity contribution in [2.24, 2.45) is 0 Å². The molecule has 0 atom stereocenters. The Labute approximate surface area is 153 Å². The summed E-state index contributed by atoms with van der Waals surface area (Å²) in [6, 6.07) is 14.0. The number of nitrogens with zero attached hydrogens (tertiary/aromatic N) is 1. The molecule has 0 fully saturated rings. The lowest BCUT2D eigenvalue weighted by molar-refractivity contribution is 0.292. The van der Waals surface area contributed by atoms with Crippen LogP contribution in [0.3, 0.4) is 0 Å². The van der Waals surface area contributed by atoms with Gasteiger partial charge in [0.2, 0.25) is 5.75 Å². The van der Waals surface area contributed by atoms with Gasteiger partial charge in [-0.3, -0.25) is 10.4 Å². The molecule has 0 bridgehead atoms. The van der Waals surface area contributed by atoms with Crippen LogP contribution in [0.4, 0.5) is 5.69 Å². The predicted octanol–water partition coefficient (Wildman–Crippen LogP) is 3.50. The second-order valence-corrected chi connectivity index (χ2v) is 5.69. The van der Waals surface area contributed by atoms with Gasteiger partial charge in [0.1, 0.15) is 5.82 Å². The Morgan fingerprint density at radius 1 is 0.962 bits per heavy atom. The van der Waals surface area contributed by atoms with Crippen molar-refractivity contribution >= 4 is 5.69 Å². The monoisotopic (exact) mass is 353 g/mol. The van der Waals surface area contributed by atoms with Crippen molar-refractivity contribution in [3.05, 3.63) is 72.2 Å². The molecule has 1 aliphatic rings. The van der Waals surface area contributed by atoms with E-state index >= 15 is 0 Å². The number of hydrogen-bond acceptors (Lipinski definition) is 6. The van der Waals surface area contributed by atoms with E-state index < -0.39 is 0 Å². The first-order valence-corrected chi connectivity index (χ1v) is 8.26. The maximum atomic E-state index is 5.40. The molecule has 2 aromatic carbocycles. The second kappa shape index (κ2) is 8.20. The highest BCUT2D eigenvalue weighted by atomic mass is 16.5. The minimum Gasteiger partial charge on any atom is -0.493 e. The zero-order valence-electron chi connectivity index (χ0n) is 15.2. The molecule has 0 saturated carbocycles. The van der Waals surface area contributed by atoms with E-state index in [0.717, 1.165) is 18.1 Å². The van der Waals surface area contributed by atoms with Crippen molar-refractivity contribution in [1.82, 2.24) is 10.4 Å². The molecular weight excluding hydrogens is 330 g/mol. The van der Waals surface area contributed by atoms with Gasteiger partial charge >= 0.3 is 0 Å². The minimum atomic E-state index is 0.566. The normalized spacial score (nSPS) is 12.9. The molecule has 1 aliphatic heterocycles. The fourth-order valence-corrected chi connectivity index (χ4v) is 2.72. The van der Waals surface area contributed by atoms with Crippen LogP contribution in [0, 0.1) is 0 Å². The van der Waals surface area contributed by atoms with Gasteiger partial charge in [0.05, 0.1) is 27.9 Å². The molecule has 0 unspecified atom stereocenters. The Kier molecular flexibility index (Phi) is 5.53. The lowest BCUT2D eigenvalue weighted by Gasteiger charge is -2.27. The van der Waals surface area contributed by atoms with E-state index in [1.807, 2.05) is 53.7 Å². The highest BCUT2D eigenvalue weighted by molar-refractivity contribution is 5.64. The summed E-state index contributed by atoms with van der Waals surface area (Å²) in [5.74, 6) is 2.61. The molecule has 0 saturated heterocycles. The number of hydrogen-bond donors (Lipinski definition) is 2. The molecule has 0 aliphatic carbocycles. The molecule has 0 amide bonds. The summed E-state index contributed by atoms with van der Waals surface area (Å²) in [4.78, 5) is 0. The molecule has 2 aromatic rings. The third-order valence-corrected chi connectivity index (χ3v) is 3.93. The SMILES string of the molecule is COc1cc(NC2=CC=CN(Cc3ccccc3)N2)cc(OC)c1OC. The van der Waals surface area contributed by atoms with E-state index in [0.29, 0.717) is 17.2 Å². The molecule has 6 nitrogen and oxygen atoms in total. The van der Waals surface area contributed by atoms with E-state index in [2.05, 4.69) is 22.9 Å². The van der Waals surface area contributed by atoms with Crippen molar-refractivity contribution in [3.8, 4) is 17.2 Å². The van der Waals surface area contributed by atoms with Gasteiger partial charge in [-0.25, -0.2) is 0 Å². The summed E-state index contributed by atoms with van der Waals surface area (Å²) >= 11 is 0. The van der Waals surface area contributed by atoms with Crippen LogP contribution in [-0.4, -0.2) is 26.3 Å². The lowest BCUT2D eigenvalue weighted by Crippen LogP contribution is -2.36. The number of allylic oxidation sites excluding steroid dienone is 2. The van der Waals surface area contributed by atoms with Crippen molar-refractivity contribution in [2.75, 3.05) is 26.6 Å².